The van der Waals surface area contributed by atoms with Crippen LogP contribution in [0.4, 0.5) is 0 Å². The molecule has 4 nitrogen and oxygen atoms in total. The van der Waals surface area contributed by atoms with Crippen molar-refractivity contribution in [1.82, 2.24) is 5.32 Å². The fraction of sp³-hybridized carbons (Fsp3) is 0.909. The second-order valence-corrected chi connectivity index (χ2v) is 4.59. The van der Waals surface area contributed by atoms with Gasteiger partial charge in [-0.1, -0.05) is 6.92 Å². The Balaban J connectivity index is 2.19. The maximum absolute atomic E-state index is 11.4. The van der Waals surface area contributed by atoms with Gasteiger partial charge in [0, 0.05) is 26.2 Å². The van der Waals surface area contributed by atoms with Gasteiger partial charge in [-0.05, 0) is 31.2 Å². The summed E-state index contributed by atoms with van der Waals surface area (Å²) in [4.78, 5) is 11.4. The lowest BCUT2D eigenvalue weighted by atomic mass is 9.82. The lowest BCUT2D eigenvalue weighted by Gasteiger charge is -2.33. The standard InChI is InChI=1S/C11H22N2O2/c1-11(4-7-15-8-5-11)9-13-10(14)3-2-6-12/h2-9,12H2,1H3,(H,13,14). The first kappa shape index (κ1) is 12.5. The summed E-state index contributed by atoms with van der Waals surface area (Å²) in [5.41, 5.74) is 5.56. The first-order valence-corrected chi connectivity index (χ1v) is 5.71. The van der Waals surface area contributed by atoms with Gasteiger partial charge in [-0.2, -0.15) is 0 Å². The highest BCUT2D eigenvalue weighted by atomic mass is 16.5. The van der Waals surface area contributed by atoms with Crippen LogP contribution in [0, 0.1) is 5.41 Å². The summed E-state index contributed by atoms with van der Waals surface area (Å²) in [7, 11) is 0. The monoisotopic (exact) mass is 214 g/mol. The predicted octanol–water partition coefficient (Wildman–Crippen LogP) is 0.658. The van der Waals surface area contributed by atoms with Gasteiger partial charge in [0.15, 0.2) is 0 Å². The van der Waals surface area contributed by atoms with Crippen molar-refractivity contribution in [3.63, 3.8) is 0 Å². The molecule has 4 heteroatoms. The van der Waals surface area contributed by atoms with E-state index < -0.39 is 0 Å². The summed E-state index contributed by atoms with van der Waals surface area (Å²) in [6.07, 6.45) is 3.38. The second-order valence-electron chi connectivity index (χ2n) is 4.59. The van der Waals surface area contributed by atoms with Crippen LogP contribution < -0.4 is 11.1 Å². The van der Waals surface area contributed by atoms with E-state index in [0.717, 1.165) is 39.0 Å². The summed E-state index contributed by atoms with van der Waals surface area (Å²) in [6, 6.07) is 0. The molecule has 1 saturated heterocycles. The van der Waals surface area contributed by atoms with Gasteiger partial charge >= 0.3 is 0 Å². The molecular formula is C11H22N2O2. The average Bonchev–Trinajstić information content (AvgIpc) is 2.25. The van der Waals surface area contributed by atoms with Crippen molar-refractivity contribution < 1.29 is 9.53 Å². The highest BCUT2D eigenvalue weighted by Crippen LogP contribution is 2.28. The summed E-state index contributed by atoms with van der Waals surface area (Å²) in [6.45, 7) is 5.18. The summed E-state index contributed by atoms with van der Waals surface area (Å²) >= 11 is 0. The molecular weight excluding hydrogens is 192 g/mol. The highest BCUT2D eigenvalue weighted by Gasteiger charge is 2.27. The van der Waals surface area contributed by atoms with Crippen LogP contribution in [0.15, 0.2) is 0 Å². The number of hydrogen-bond donors (Lipinski definition) is 2. The number of amides is 1. The number of rotatable bonds is 5. The Hall–Kier alpha value is -0.610. The first-order chi connectivity index (χ1) is 7.16. The number of nitrogens with one attached hydrogen (secondary N) is 1. The zero-order valence-electron chi connectivity index (χ0n) is 9.55. The molecule has 1 aliphatic rings. The first-order valence-electron chi connectivity index (χ1n) is 5.71. The Labute approximate surface area is 91.5 Å². The molecule has 0 aromatic heterocycles. The maximum Gasteiger partial charge on any atom is 0.220 e. The van der Waals surface area contributed by atoms with Crippen molar-refractivity contribution in [3.05, 3.63) is 0 Å². The minimum atomic E-state index is 0.119. The van der Waals surface area contributed by atoms with E-state index in [9.17, 15) is 4.79 Å². The van der Waals surface area contributed by atoms with E-state index in [1.165, 1.54) is 0 Å². The van der Waals surface area contributed by atoms with Gasteiger partial charge < -0.3 is 15.8 Å². The summed E-state index contributed by atoms with van der Waals surface area (Å²) in [5.74, 6) is 0.119. The average molecular weight is 214 g/mol. The van der Waals surface area contributed by atoms with Gasteiger partial charge in [-0.3, -0.25) is 4.79 Å². The van der Waals surface area contributed by atoms with Gasteiger partial charge in [-0.25, -0.2) is 0 Å². The predicted molar refractivity (Wildman–Crippen MR) is 59.5 cm³/mol. The molecule has 0 bridgehead atoms. The number of carbonyl (C=O) groups is 1. The molecule has 1 fully saturated rings. The molecule has 1 amide bonds. The minimum Gasteiger partial charge on any atom is -0.381 e. The van der Waals surface area contributed by atoms with Crippen molar-refractivity contribution in [1.29, 1.82) is 0 Å². The van der Waals surface area contributed by atoms with Crippen LogP contribution in [-0.4, -0.2) is 32.2 Å². The zero-order chi connectivity index (χ0) is 11.1. The summed E-state index contributed by atoms with van der Waals surface area (Å²) in [5, 5.41) is 2.98. The van der Waals surface area contributed by atoms with Crippen molar-refractivity contribution in [2.75, 3.05) is 26.3 Å². The largest absolute Gasteiger partial charge is 0.381 e. The highest BCUT2D eigenvalue weighted by molar-refractivity contribution is 5.75. The molecule has 88 valence electrons. The van der Waals surface area contributed by atoms with Crippen LogP contribution in [0.1, 0.15) is 32.6 Å². The quantitative estimate of drug-likeness (QED) is 0.706. The Morgan fingerprint density at radius 3 is 2.73 bits per heavy atom. The van der Waals surface area contributed by atoms with Crippen LogP contribution in [-0.2, 0) is 9.53 Å². The molecule has 3 N–H and O–H groups in total. The minimum absolute atomic E-state index is 0.119. The van der Waals surface area contributed by atoms with Gasteiger partial charge in [0.25, 0.3) is 0 Å². The Morgan fingerprint density at radius 1 is 1.47 bits per heavy atom. The lowest BCUT2D eigenvalue weighted by Crippen LogP contribution is -2.39. The van der Waals surface area contributed by atoms with Crippen molar-refractivity contribution in [3.8, 4) is 0 Å². The van der Waals surface area contributed by atoms with Crippen molar-refractivity contribution in [2.24, 2.45) is 11.1 Å². The van der Waals surface area contributed by atoms with Gasteiger partial charge in [0.05, 0.1) is 0 Å². The van der Waals surface area contributed by atoms with Crippen LogP contribution in [0.3, 0.4) is 0 Å². The molecule has 0 atom stereocenters. The van der Waals surface area contributed by atoms with Crippen molar-refractivity contribution in [2.45, 2.75) is 32.6 Å². The van der Waals surface area contributed by atoms with E-state index in [2.05, 4.69) is 12.2 Å². The molecule has 15 heavy (non-hydrogen) atoms. The molecule has 0 aromatic carbocycles. The van der Waals surface area contributed by atoms with Crippen LogP contribution in [0.2, 0.25) is 0 Å². The zero-order valence-corrected chi connectivity index (χ0v) is 9.55. The molecule has 0 radical (unpaired) electrons. The Morgan fingerprint density at radius 2 is 2.13 bits per heavy atom. The Kier molecular flexibility index (Phi) is 5.05. The molecule has 1 heterocycles. The van der Waals surface area contributed by atoms with E-state index >= 15 is 0 Å². The third-order valence-electron chi connectivity index (χ3n) is 3.02. The van der Waals surface area contributed by atoms with E-state index in [1.54, 1.807) is 0 Å². The molecule has 0 spiro atoms. The third-order valence-corrected chi connectivity index (χ3v) is 3.02. The Bertz CT molecular complexity index is 201. The maximum atomic E-state index is 11.4. The number of ether oxygens (including phenoxy) is 1. The lowest BCUT2D eigenvalue weighted by molar-refractivity contribution is -0.122. The van der Waals surface area contributed by atoms with Gasteiger partial charge in [-0.15, -0.1) is 0 Å². The summed E-state index contributed by atoms with van der Waals surface area (Å²) < 4.78 is 5.31. The molecule has 0 aromatic rings. The number of nitrogens with two attached hydrogens (primary N) is 1. The normalized spacial score (nSPS) is 19.9. The van der Waals surface area contributed by atoms with Gasteiger partial charge in [0.1, 0.15) is 0 Å². The molecule has 0 saturated carbocycles. The topological polar surface area (TPSA) is 64.4 Å². The van der Waals surface area contributed by atoms with Gasteiger partial charge in [0.2, 0.25) is 5.91 Å². The molecule has 0 aliphatic carbocycles. The van der Waals surface area contributed by atoms with Crippen LogP contribution in [0.5, 0.6) is 0 Å². The van der Waals surface area contributed by atoms with E-state index in [-0.39, 0.29) is 11.3 Å². The molecule has 1 rings (SSSR count). The SMILES string of the molecule is CC1(CNC(=O)CCCN)CCOCC1. The van der Waals surface area contributed by atoms with E-state index in [1.807, 2.05) is 0 Å². The molecule has 0 unspecified atom stereocenters. The van der Waals surface area contributed by atoms with E-state index in [0.29, 0.717) is 13.0 Å². The smallest absolute Gasteiger partial charge is 0.220 e. The number of carbonyl (C=O) groups excluding carboxylic acids is 1. The second kappa shape index (κ2) is 6.08. The fourth-order valence-electron chi connectivity index (χ4n) is 1.70. The van der Waals surface area contributed by atoms with Crippen molar-refractivity contribution >= 4 is 5.91 Å². The third kappa shape index (κ3) is 4.62. The van der Waals surface area contributed by atoms with Crippen LogP contribution in [0.25, 0.3) is 0 Å². The number of hydrogen-bond acceptors (Lipinski definition) is 3. The van der Waals surface area contributed by atoms with Crippen LogP contribution >= 0.6 is 0 Å². The van der Waals surface area contributed by atoms with E-state index in [4.69, 9.17) is 10.5 Å². The molecule has 1 aliphatic heterocycles. The fourth-order valence-corrected chi connectivity index (χ4v) is 1.70.